The fourth-order valence-corrected chi connectivity index (χ4v) is 2.32. The molecule has 0 bridgehead atoms. The van der Waals surface area contributed by atoms with E-state index < -0.39 is 0 Å². The van der Waals surface area contributed by atoms with Gasteiger partial charge in [0.25, 0.3) is 0 Å². The first-order valence-electron chi connectivity index (χ1n) is 5.79. The van der Waals surface area contributed by atoms with E-state index in [4.69, 9.17) is 5.11 Å². The minimum absolute atomic E-state index is 0.352. The highest BCUT2D eigenvalue weighted by Crippen LogP contribution is 2.25. The molecule has 3 nitrogen and oxygen atoms in total. The van der Waals surface area contributed by atoms with Crippen molar-refractivity contribution in [2.45, 2.75) is 25.8 Å². The second kappa shape index (κ2) is 4.81. The molecular weight excluding hydrogens is 188 g/mol. The quantitative estimate of drug-likeness (QED) is 0.794. The van der Waals surface area contributed by atoms with Crippen LogP contribution in [0.25, 0.3) is 0 Å². The summed E-state index contributed by atoms with van der Waals surface area (Å²) in [6.45, 7) is 4.80. The molecule has 2 heterocycles. The highest BCUT2D eigenvalue weighted by atomic mass is 16.3. The van der Waals surface area contributed by atoms with Crippen LogP contribution in [-0.2, 0) is 0 Å². The number of hydrogen-bond donors (Lipinski definition) is 2. The molecule has 0 radical (unpaired) electrons. The maximum Gasteiger partial charge on any atom is 0.0470 e. The van der Waals surface area contributed by atoms with Gasteiger partial charge in [-0.3, -0.25) is 4.90 Å². The third-order valence-corrected chi connectivity index (χ3v) is 3.53. The number of rotatable bonds is 3. The molecule has 0 saturated carbocycles. The summed E-state index contributed by atoms with van der Waals surface area (Å²) in [5.74, 6) is 0.525. The van der Waals surface area contributed by atoms with Crippen molar-refractivity contribution in [1.29, 1.82) is 0 Å². The molecular formula is C12H20N2O. The normalized spacial score (nSPS) is 21.7. The molecule has 0 amide bonds. The summed E-state index contributed by atoms with van der Waals surface area (Å²) in [5.41, 5.74) is 1.29. The third kappa shape index (κ3) is 2.41. The van der Waals surface area contributed by atoms with E-state index in [2.05, 4.69) is 22.9 Å². The Balaban J connectivity index is 1.90. The fourth-order valence-electron chi connectivity index (χ4n) is 2.32. The monoisotopic (exact) mass is 208 g/mol. The molecule has 0 aromatic carbocycles. The summed E-state index contributed by atoms with van der Waals surface area (Å²) in [5, 5.41) is 9.08. The van der Waals surface area contributed by atoms with Crippen LogP contribution in [0.1, 0.15) is 31.5 Å². The lowest BCUT2D eigenvalue weighted by Crippen LogP contribution is -2.36. The Morgan fingerprint density at radius 1 is 1.53 bits per heavy atom. The van der Waals surface area contributed by atoms with Crippen molar-refractivity contribution in [2.75, 3.05) is 19.7 Å². The van der Waals surface area contributed by atoms with Crippen LogP contribution in [0.2, 0.25) is 0 Å². The molecule has 15 heavy (non-hydrogen) atoms. The first-order chi connectivity index (χ1) is 7.31. The van der Waals surface area contributed by atoms with Gasteiger partial charge in [-0.15, -0.1) is 0 Å². The van der Waals surface area contributed by atoms with E-state index in [0.717, 1.165) is 25.9 Å². The standard InChI is InChI=1S/C12H20N2O/c1-10(12-3-2-6-13-12)14-7-4-11(9-15)5-8-14/h2-3,6,10-11,13,15H,4-5,7-9H2,1H3/t10-/m0/s1. The average molecular weight is 208 g/mol. The number of piperidine rings is 1. The Labute approximate surface area is 91.1 Å². The van der Waals surface area contributed by atoms with Crippen LogP contribution in [0, 0.1) is 5.92 Å². The molecule has 1 aliphatic heterocycles. The minimum atomic E-state index is 0.352. The average Bonchev–Trinajstić information content (AvgIpc) is 2.82. The van der Waals surface area contributed by atoms with Crippen LogP contribution in [-0.4, -0.2) is 34.7 Å². The minimum Gasteiger partial charge on any atom is -0.396 e. The first-order valence-corrected chi connectivity index (χ1v) is 5.79. The Morgan fingerprint density at radius 2 is 2.27 bits per heavy atom. The van der Waals surface area contributed by atoms with Crippen LogP contribution in [0.5, 0.6) is 0 Å². The Kier molecular flexibility index (Phi) is 3.44. The van der Waals surface area contributed by atoms with Crippen molar-refractivity contribution in [3.8, 4) is 0 Å². The molecule has 2 rings (SSSR count). The van der Waals surface area contributed by atoms with Crippen molar-refractivity contribution in [3.63, 3.8) is 0 Å². The number of likely N-dealkylation sites (tertiary alicyclic amines) is 1. The van der Waals surface area contributed by atoms with Gasteiger partial charge in [0.2, 0.25) is 0 Å². The van der Waals surface area contributed by atoms with Gasteiger partial charge in [0.1, 0.15) is 0 Å². The van der Waals surface area contributed by atoms with Crippen LogP contribution in [0.4, 0.5) is 0 Å². The maximum absolute atomic E-state index is 9.08. The number of aliphatic hydroxyl groups is 1. The van der Waals surface area contributed by atoms with Gasteiger partial charge in [-0.25, -0.2) is 0 Å². The summed E-state index contributed by atoms with van der Waals surface area (Å²) in [7, 11) is 0. The second-order valence-electron chi connectivity index (χ2n) is 4.46. The zero-order chi connectivity index (χ0) is 10.7. The zero-order valence-corrected chi connectivity index (χ0v) is 9.32. The number of H-pyrrole nitrogens is 1. The Morgan fingerprint density at radius 3 is 2.80 bits per heavy atom. The van der Waals surface area contributed by atoms with Gasteiger partial charge >= 0.3 is 0 Å². The lowest BCUT2D eigenvalue weighted by atomic mass is 9.96. The summed E-state index contributed by atoms with van der Waals surface area (Å²) in [4.78, 5) is 5.75. The summed E-state index contributed by atoms with van der Waals surface area (Å²) >= 11 is 0. The topological polar surface area (TPSA) is 39.3 Å². The fraction of sp³-hybridized carbons (Fsp3) is 0.667. The number of hydrogen-bond acceptors (Lipinski definition) is 2. The van der Waals surface area contributed by atoms with Gasteiger partial charge in [0.15, 0.2) is 0 Å². The molecule has 2 N–H and O–H groups in total. The van der Waals surface area contributed by atoms with E-state index in [1.807, 2.05) is 12.3 Å². The molecule has 1 aromatic rings. The number of aliphatic hydroxyl groups excluding tert-OH is 1. The number of aromatic nitrogens is 1. The Bertz CT molecular complexity index is 276. The van der Waals surface area contributed by atoms with Gasteiger partial charge in [0.05, 0.1) is 0 Å². The molecule has 84 valence electrons. The molecule has 0 aliphatic carbocycles. The molecule has 1 saturated heterocycles. The molecule has 0 spiro atoms. The van der Waals surface area contributed by atoms with Crippen LogP contribution < -0.4 is 0 Å². The first kappa shape index (κ1) is 10.7. The van der Waals surface area contributed by atoms with Crippen molar-refractivity contribution >= 4 is 0 Å². The van der Waals surface area contributed by atoms with Gasteiger partial charge in [-0.1, -0.05) is 0 Å². The molecule has 1 aliphatic rings. The molecule has 3 heteroatoms. The lowest BCUT2D eigenvalue weighted by molar-refractivity contribution is 0.105. The largest absolute Gasteiger partial charge is 0.396 e. The second-order valence-corrected chi connectivity index (χ2v) is 4.46. The highest BCUT2D eigenvalue weighted by Gasteiger charge is 2.23. The zero-order valence-electron chi connectivity index (χ0n) is 9.32. The van der Waals surface area contributed by atoms with Crippen molar-refractivity contribution in [3.05, 3.63) is 24.0 Å². The predicted molar refractivity (Wildman–Crippen MR) is 60.6 cm³/mol. The predicted octanol–water partition coefficient (Wildman–Crippen LogP) is 1.78. The van der Waals surface area contributed by atoms with E-state index in [1.54, 1.807) is 0 Å². The number of aromatic amines is 1. The molecule has 1 fully saturated rings. The van der Waals surface area contributed by atoms with Crippen LogP contribution in [0.3, 0.4) is 0 Å². The molecule has 0 unspecified atom stereocenters. The molecule has 1 atom stereocenters. The van der Waals surface area contributed by atoms with Gasteiger partial charge in [0, 0.05) is 24.5 Å². The van der Waals surface area contributed by atoms with Crippen LogP contribution in [0.15, 0.2) is 18.3 Å². The lowest BCUT2D eigenvalue weighted by Gasteiger charge is -2.35. The maximum atomic E-state index is 9.08. The van der Waals surface area contributed by atoms with E-state index in [9.17, 15) is 0 Å². The van der Waals surface area contributed by atoms with Gasteiger partial charge in [-0.05, 0) is 50.9 Å². The highest BCUT2D eigenvalue weighted by molar-refractivity contribution is 5.08. The molecule has 1 aromatic heterocycles. The van der Waals surface area contributed by atoms with Crippen molar-refractivity contribution in [2.24, 2.45) is 5.92 Å². The van der Waals surface area contributed by atoms with Crippen molar-refractivity contribution in [1.82, 2.24) is 9.88 Å². The number of nitrogens with one attached hydrogen (secondary N) is 1. The SMILES string of the molecule is C[C@@H](c1ccc[nH]1)N1CCC(CO)CC1. The van der Waals surface area contributed by atoms with E-state index in [1.165, 1.54) is 5.69 Å². The van der Waals surface area contributed by atoms with Gasteiger partial charge < -0.3 is 10.1 Å². The summed E-state index contributed by atoms with van der Waals surface area (Å²) in [6, 6.07) is 4.66. The smallest absolute Gasteiger partial charge is 0.0470 e. The van der Waals surface area contributed by atoms with Crippen molar-refractivity contribution < 1.29 is 5.11 Å². The number of nitrogens with zero attached hydrogens (tertiary/aromatic N) is 1. The van der Waals surface area contributed by atoms with E-state index >= 15 is 0 Å². The van der Waals surface area contributed by atoms with Gasteiger partial charge in [-0.2, -0.15) is 0 Å². The summed E-state index contributed by atoms with van der Waals surface area (Å²) in [6.07, 6.45) is 4.23. The summed E-state index contributed by atoms with van der Waals surface area (Å²) < 4.78 is 0. The Hall–Kier alpha value is -0.800. The van der Waals surface area contributed by atoms with E-state index in [0.29, 0.717) is 18.6 Å². The third-order valence-electron chi connectivity index (χ3n) is 3.53. The van der Waals surface area contributed by atoms with Crippen LogP contribution >= 0.6 is 0 Å². The van der Waals surface area contributed by atoms with E-state index in [-0.39, 0.29) is 0 Å².